The van der Waals surface area contributed by atoms with E-state index in [9.17, 15) is 0 Å². The standard InChI is InChI=1S/C29H30N6/c1-20-15-31-29-28-13-24(23-6-4-21(14-30)5-7-23)18-34(28)19-25-12-26(8-9-27(25)35(20)29)33-11-10-22(17-33)16-32(2)3/h4-9,12-13,15,18,22H,10-11,16-17,19H2,1-3H3/t22-/m1/s1. The van der Waals surface area contributed by atoms with Gasteiger partial charge in [0.25, 0.3) is 0 Å². The van der Waals surface area contributed by atoms with Crippen LogP contribution in [0.4, 0.5) is 5.69 Å². The van der Waals surface area contributed by atoms with Crippen molar-refractivity contribution in [2.24, 2.45) is 5.92 Å². The molecule has 1 fully saturated rings. The third-order valence-corrected chi connectivity index (χ3v) is 7.33. The summed E-state index contributed by atoms with van der Waals surface area (Å²) in [7, 11) is 4.33. The highest BCUT2D eigenvalue weighted by atomic mass is 15.2. The minimum absolute atomic E-state index is 0.678. The van der Waals surface area contributed by atoms with Crippen molar-refractivity contribution in [1.82, 2.24) is 19.0 Å². The molecule has 2 aromatic heterocycles. The molecule has 6 nitrogen and oxygen atoms in total. The summed E-state index contributed by atoms with van der Waals surface area (Å²) < 4.78 is 4.61. The molecular weight excluding hydrogens is 432 g/mol. The molecule has 4 heterocycles. The fourth-order valence-electron chi connectivity index (χ4n) is 5.68. The van der Waals surface area contributed by atoms with Crippen molar-refractivity contribution in [3.8, 4) is 34.4 Å². The summed E-state index contributed by atoms with van der Waals surface area (Å²) in [5, 5.41) is 9.15. The second-order valence-corrected chi connectivity index (χ2v) is 10.2. The van der Waals surface area contributed by atoms with Crippen LogP contribution in [0, 0.1) is 24.2 Å². The number of benzene rings is 2. The Morgan fingerprint density at radius 2 is 1.91 bits per heavy atom. The third kappa shape index (κ3) is 3.82. The maximum Gasteiger partial charge on any atom is 0.161 e. The molecule has 176 valence electrons. The molecule has 4 aromatic rings. The number of aryl methyl sites for hydroxylation is 1. The lowest BCUT2D eigenvalue weighted by atomic mass is 10.1. The number of imidazole rings is 1. The molecule has 6 heteroatoms. The molecule has 0 amide bonds. The molecule has 2 aliphatic rings. The fourth-order valence-corrected chi connectivity index (χ4v) is 5.68. The first kappa shape index (κ1) is 21.7. The van der Waals surface area contributed by atoms with Crippen molar-refractivity contribution in [3.05, 3.63) is 77.7 Å². The zero-order valence-corrected chi connectivity index (χ0v) is 20.6. The van der Waals surface area contributed by atoms with Crippen LogP contribution in [0.2, 0.25) is 0 Å². The van der Waals surface area contributed by atoms with E-state index in [0.29, 0.717) is 5.56 Å². The summed E-state index contributed by atoms with van der Waals surface area (Å²) in [5.41, 5.74) is 9.01. The highest BCUT2D eigenvalue weighted by Crippen LogP contribution is 2.37. The lowest BCUT2D eigenvalue weighted by Crippen LogP contribution is -2.25. The molecule has 1 saturated heterocycles. The first-order valence-corrected chi connectivity index (χ1v) is 12.3. The Morgan fingerprint density at radius 1 is 1.09 bits per heavy atom. The fraction of sp³-hybridized carbons (Fsp3) is 0.310. The number of hydrogen-bond donors (Lipinski definition) is 0. The van der Waals surface area contributed by atoms with Gasteiger partial charge in [0.05, 0.1) is 23.0 Å². The molecule has 6 rings (SSSR count). The molecule has 0 radical (unpaired) electrons. The molecule has 0 unspecified atom stereocenters. The Balaban J connectivity index is 1.39. The van der Waals surface area contributed by atoms with Crippen LogP contribution in [0.1, 0.15) is 23.2 Å². The summed E-state index contributed by atoms with van der Waals surface area (Å²) in [5.74, 6) is 1.69. The predicted octanol–water partition coefficient (Wildman–Crippen LogP) is 4.94. The number of anilines is 1. The van der Waals surface area contributed by atoms with Crippen LogP contribution in [-0.4, -0.2) is 52.7 Å². The molecular formula is C29H30N6. The minimum atomic E-state index is 0.678. The SMILES string of the molecule is Cc1cnc2n1-c1ccc(N3CC[C@H](CN(C)C)C3)cc1Cn1cc(-c3ccc(C#N)cc3)cc1-2. The van der Waals surface area contributed by atoms with E-state index in [1.807, 2.05) is 30.5 Å². The van der Waals surface area contributed by atoms with Crippen LogP contribution in [0.15, 0.2) is 60.9 Å². The van der Waals surface area contributed by atoms with Gasteiger partial charge in [-0.3, -0.25) is 4.57 Å². The van der Waals surface area contributed by atoms with Gasteiger partial charge in [-0.2, -0.15) is 5.26 Å². The number of hydrogen-bond acceptors (Lipinski definition) is 4. The van der Waals surface area contributed by atoms with E-state index in [1.165, 1.54) is 23.4 Å². The number of aromatic nitrogens is 3. The maximum absolute atomic E-state index is 9.15. The first-order chi connectivity index (χ1) is 17.0. The van der Waals surface area contributed by atoms with Crippen LogP contribution in [0.25, 0.3) is 28.3 Å². The van der Waals surface area contributed by atoms with E-state index in [-0.39, 0.29) is 0 Å². The van der Waals surface area contributed by atoms with E-state index in [0.717, 1.165) is 60.4 Å². The lowest BCUT2D eigenvalue weighted by Gasteiger charge is -2.22. The van der Waals surface area contributed by atoms with Gasteiger partial charge in [0.15, 0.2) is 5.82 Å². The summed E-state index contributed by atoms with van der Waals surface area (Å²) in [6.45, 7) is 6.30. The Morgan fingerprint density at radius 3 is 2.69 bits per heavy atom. The maximum atomic E-state index is 9.15. The Bertz CT molecular complexity index is 1430. The van der Waals surface area contributed by atoms with Crippen LogP contribution in [0.3, 0.4) is 0 Å². The van der Waals surface area contributed by atoms with Gasteiger partial charge >= 0.3 is 0 Å². The zero-order valence-electron chi connectivity index (χ0n) is 20.6. The molecule has 35 heavy (non-hydrogen) atoms. The second kappa shape index (κ2) is 8.44. The quantitative estimate of drug-likeness (QED) is 0.380. The summed E-state index contributed by atoms with van der Waals surface area (Å²) in [6.07, 6.45) is 5.43. The van der Waals surface area contributed by atoms with Crippen molar-refractivity contribution >= 4 is 5.69 Å². The topological polar surface area (TPSA) is 53.0 Å². The molecule has 0 saturated carbocycles. The van der Waals surface area contributed by atoms with Crippen LogP contribution in [-0.2, 0) is 6.54 Å². The molecule has 2 aliphatic heterocycles. The van der Waals surface area contributed by atoms with Crippen molar-refractivity contribution in [2.75, 3.05) is 38.6 Å². The molecule has 0 bridgehead atoms. The zero-order chi connectivity index (χ0) is 24.1. The summed E-state index contributed by atoms with van der Waals surface area (Å²) in [6, 6.07) is 19.2. The highest BCUT2D eigenvalue weighted by Gasteiger charge is 2.26. The van der Waals surface area contributed by atoms with Gasteiger partial charge in [-0.05, 0) is 80.9 Å². The van der Waals surface area contributed by atoms with Crippen molar-refractivity contribution in [3.63, 3.8) is 0 Å². The number of fused-ring (bicyclic) bond motifs is 5. The van der Waals surface area contributed by atoms with E-state index in [1.54, 1.807) is 0 Å². The third-order valence-electron chi connectivity index (χ3n) is 7.33. The Hall–Kier alpha value is -3.82. The summed E-state index contributed by atoms with van der Waals surface area (Å²) in [4.78, 5) is 9.65. The molecule has 1 atom stereocenters. The van der Waals surface area contributed by atoms with Crippen LogP contribution in [0.5, 0.6) is 0 Å². The highest BCUT2D eigenvalue weighted by molar-refractivity contribution is 5.73. The van der Waals surface area contributed by atoms with E-state index < -0.39 is 0 Å². The largest absolute Gasteiger partial charge is 0.371 e. The Kier molecular flexibility index (Phi) is 5.23. The van der Waals surface area contributed by atoms with Gasteiger partial charge in [0.1, 0.15) is 0 Å². The van der Waals surface area contributed by atoms with Gasteiger partial charge < -0.3 is 14.4 Å². The molecule has 0 spiro atoms. The number of rotatable bonds is 4. The van der Waals surface area contributed by atoms with Gasteiger partial charge in [-0.25, -0.2) is 4.98 Å². The van der Waals surface area contributed by atoms with Crippen LogP contribution >= 0.6 is 0 Å². The minimum Gasteiger partial charge on any atom is -0.371 e. The van der Waals surface area contributed by atoms with Crippen molar-refractivity contribution < 1.29 is 0 Å². The second-order valence-electron chi connectivity index (χ2n) is 10.2. The van der Waals surface area contributed by atoms with Crippen LogP contribution < -0.4 is 4.90 Å². The van der Waals surface area contributed by atoms with E-state index in [2.05, 4.69) is 76.5 Å². The normalized spacial score (nSPS) is 16.5. The molecule has 2 aromatic carbocycles. The average Bonchev–Trinajstić information content (AvgIpc) is 3.56. The lowest BCUT2D eigenvalue weighted by molar-refractivity contribution is 0.340. The average molecular weight is 463 g/mol. The first-order valence-electron chi connectivity index (χ1n) is 12.3. The molecule has 0 aliphatic carbocycles. The van der Waals surface area contributed by atoms with E-state index in [4.69, 9.17) is 10.2 Å². The van der Waals surface area contributed by atoms with Gasteiger partial charge in [-0.15, -0.1) is 0 Å². The smallest absolute Gasteiger partial charge is 0.161 e. The summed E-state index contributed by atoms with van der Waals surface area (Å²) >= 11 is 0. The predicted molar refractivity (Wildman–Crippen MR) is 140 cm³/mol. The van der Waals surface area contributed by atoms with Gasteiger partial charge in [-0.1, -0.05) is 12.1 Å². The number of nitrogens with zero attached hydrogens (tertiary/aromatic N) is 6. The van der Waals surface area contributed by atoms with E-state index >= 15 is 0 Å². The van der Waals surface area contributed by atoms with Gasteiger partial charge in [0, 0.05) is 55.5 Å². The molecule has 0 N–H and O–H groups in total. The number of nitriles is 1. The van der Waals surface area contributed by atoms with Gasteiger partial charge in [0.2, 0.25) is 0 Å². The Labute approximate surface area is 206 Å². The van der Waals surface area contributed by atoms with Crippen molar-refractivity contribution in [1.29, 1.82) is 5.26 Å². The monoisotopic (exact) mass is 462 g/mol. The van der Waals surface area contributed by atoms with Crippen molar-refractivity contribution in [2.45, 2.75) is 19.9 Å².